The third-order valence-electron chi connectivity index (χ3n) is 2.50. The summed E-state index contributed by atoms with van der Waals surface area (Å²) < 4.78 is 15.1. The molecule has 0 saturated heterocycles. The molecule has 0 fully saturated rings. The maximum absolute atomic E-state index is 13.2. The van der Waals surface area contributed by atoms with Gasteiger partial charge in [0.2, 0.25) is 0 Å². The van der Waals surface area contributed by atoms with E-state index in [0.29, 0.717) is 12.2 Å². The summed E-state index contributed by atoms with van der Waals surface area (Å²) in [6.45, 7) is 3.40. The summed E-state index contributed by atoms with van der Waals surface area (Å²) in [7, 11) is 0. The Hall–Kier alpha value is -1.62. The molecule has 0 saturated carbocycles. The Balaban J connectivity index is 2.02. The first-order valence-corrected chi connectivity index (χ1v) is 6.14. The van der Waals surface area contributed by atoms with Crippen molar-refractivity contribution in [3.05, 3.63) is 41.2 Å². The van der Waals surface area contributed by atoms with Crippen LogP contribution < -0.4 is 5.32 Å². The zero-order valence-corrected chi connectivity index (χ0v) is 10.8. The first-order valence-electron chi connectivity index (χ1n) is 5.76. The fraction of sp³-hybridized carbons (Fsp3) is 0.333. The predicted molar refractivity (Wildman–Crippen MR) is 69.0 cm³/mol. The Bertz CT molecular complexity index is 527. The van der Waals surface area contributed by atoms with Gasteiger partial charge in [0.15, 0.2) is 0 Å². The number of aryl methyl sites for hydroxylation is 1. The average Bonchev–Trinajstić information content (AvgIpc) is 2.79. The number of benzene rings is 1. The normalized spacial score (nSPS) is 10.6. The van der Waals surface area contributed by atoms with Crippen LogP contribution in [0.1, 0.15) is 19.2 Å². The van der Waals surface area contributed by atoms with Gasteiger partial charge in [-0.05, 0) is 24.6 Å². The van der Waals surface area contributed by atoms with Crippen LogP contribution in [0.3, 0.4) is 0 Å². The number of hydrogen-bond acceptors (Lipinski definition) is 3. The Labute approximate surface area is 110 Å². The van der Waals surface area contributed by atoms with Crippen molar-refractivity contribution in [1.82, 2.24) is 14.8 Å². The summed E-state index contributed by atoms with van der Waals surface area (Å²) in [4.78, 5) is 4.16. The average molecular weight is 269 g/mol. The number of aromatic nitrogens is 3. The van der Waals surface area contributed by atoms with Crippen LogP contribution in [0.4, 0.5) is 10.1 Å². The highest BCUT2D eigenvalue weighted by atomic mass is 35.5. The summed E-state index contributed by atoms with van der Waals surface area (Å²) in [5.74, 6) is 0.392. The molecule has 96 valence electrons. The van der Waals surface area contributed by atoms with Crippen molar-refractivity contribution in [3.63, 3.8) is 0 Å². The molecule has 4 nitrogen and oxygen atoms in total. The minimum atomic E-state index is -0.434. The Morgan fingerprint density at radius 3 is 3.00 bits per heavy atom. The van der Waals surface area contributed by atoms with Crippen molar-refractivity contribution in [1.29, 1.82) is 0 Å². The largest absolute Gasteiger partial charge is 0.378 e. The van der Waals surface area contributed by atoms with Gasteiger partial charge in [0.25, 0.3) is 0 Å². The fourth-order valence-corrected chi connectivity index (χ4v) is 1.73. The monoisotopic (exact) mass is 268 g/mol. The van der Waals surface area contributed by atoms with Crippen LogP contribution in [-0.2, 0) is 13.1 Å². The number of halogens is 2. The van der Waals surface area contributed by atoms with Gasteiger partial charge in [-0.25, -0.2) is 14.1 Å². The highest BCUT2D eigenvalue weighted by Gasteiger charge is 2.04. The van der Waals surface area contributed by atoms with Gasteiger partial charge in [-0.1, -0.05) is 18.5 Å². The zero-order valence-electron chi connectivity index (χ0n) is 10.0. The van der Waals surface area contributed by atoms with Gasteiger partial charge in [0.1, 0.15) is 18.0 Å². The molecule has 0 spiro atoms. The van der Waals surface area contributed by atoms with E-state index >= 15 is 0 Å². The third-order valence-corrected chi connectivity index (χ3v) is 2.81. The molecule has 0 unspecified atom stereocenters. The van der Waals surface area contributed by atoms with E-state index in [2.05, 4.69) is 22.3 Å². The number of anilines is 1. The topological polar surface area (TPSA) is 42.7 Å². The molecule has 0 aliphatic heterocycles. The van der Waals surface area contributed by atoms with Gasteiger partial charge in [0.05, 0.1) is 11.6 Å². The van der Waals surface area contributed by atoms with Crippen LogP contribution in [0.15, 0.2) is 24.5 Å². The van der Waals surface area contributed by atoms with Gasteiger partial charge < -0.3 is 5.32 Å². The molecule has 1 aromatic heterocycles. The maximum Gasteiger partial charge on any atom is 0.146 e. The molecule has 6 heteroatoms. The number of nitrogens with one attached hydrogen (secondary N) is 1. The van der Waals surface area contributed by atoms with Gasteiger partial charge in [0, 0.05) is 12.2 Å². The van der Waals surface area contributed by atoms with Gasteiger partial charge in [-0.2, -0.15) is 5.10 Å². The van der Waals surface area contributed by atoms with Gasteiger partial charge in [-0.15, -0.1) is 0 Å². The lowest BCUT2D eigenvalue weighted by Crippen LogP contribution is -2.10. The van der Waals surface area contributed by atoms with Crippen molar-refractivity contribution in [3.8, 4) is 0 Å². The predicted octanol–water partition coefficient (Wildman–Crippen LogP) is 3.09. The molecule has 0 amide bonds. The second-order valence-corrected chi connectivity index (χ2v) is 4.29. The lowest BCUT2D eigenvalue weighted by molar-refractivity contribution is 0.574. The molecule has 1 N–H and O–H groups in total. The SMILES string of the molecule is CCCn1ncnc1CNc1ccc(Cl)c(F)c1. The van der Waals surface area contributed by atoms with Crippen LogP contribution in [0.2, 0.25) is 5.02 Å². The Morgan fingerprint density at radius 1 is 1.44 bits per heavy atom. The quantitative estimate of drug-likeness (QED) is 0.906. The Morgan fingerprint density at radius 2 is 2.28 bits per heavy atom. The van der Waals surface area contributed by atoms with E-state index in [-0.39, 0.29) is 5.02 Å². The fourth-order valence-electron chi connectivity index (χ4n) is 1.61. The van der Waals surface area contributed by atoms with Crippen LogP contribution >= 0.6 is 11.6 Å². The second kappa shape index (κ2) is 5.82. The van der Waals surface area contributed by atoms with Gasteiger partial charge >= 0.3 is 0 Å². The van der Waals surface area contributed by atoms with Crippen molar-refractivity contribution in [2.45, 2.75) is 26.4 Å². The molecule has 2 rings (SSSR count). The van der Waals surface area contributed by atoms with Crippen LogP contribution in [0, 0.1) is 5.82 Å². The highest BCUT2D eigenvalue weighted by Crippen LogP contribution is 2.18. The van der Waals surface area contributed by atoms with Crippen molar-refractivity contribution < 1.29 is 4.39 Å². The number of rotatable bonds is 5. The Kier molecular flexibility index (Phi) is 4.15. The van der Waals surface area contributed by atoms with E-state index in [9.17, 15) is 4.39 Å². The molecule has 18 heavy (non-hydrogen) atoms. The first kappa shape index (κ1) is 12.8. The van der Waals surface area contributed by atoms with Crippen LogP contribution in [0.5, 0.6) is 0 Å². The lowest BCUT2D eigenvalue weighted by atomic mass is 10.3. The first-order chi connectivity index (χ1) is 8.70. The molecule has 2 aromatic rings. The molecular formula is C12H14ClFN4. The van der Waals surface area contributed by atoms with Crippen LogP contribution in [0.25, 0.3) is 0 Å². The van der Waals surface area contributed by atoms with E-state index in [1.807, 2.05) is 4.68 Å². The van der Waals surface area contributed by atoms with E-state index in [1.165, 1.54) is 18.5 Å². The summed E-state index contributed by atoms with van der Waals surface area (Å²) in [5, 5.41) is 7.33. The minimum Gasteiger partial charge on any atom is -0.378 e. The molecular weight excluding hydrogens is 255 g/mol. The number of hydrogen-bond donors (Lipinski definition) is 1. The van der Waals surface area contributed by atoms with E-state index < -0.39 is 5.82 Å². The summed E-state index contributed by atoms with van der Waals surface area (Å²) in [5.41, 5.74) is 0.669. The standard InChI is InChI=1S/C12H14ClFN4/c1-2-5-18-12(16-8-17-18)7-15-9-3-4-10(13)11(14)6-9/h3-4,6,8,15H,2,5,7H2,1H3. The van der Waals surface area contributed by atoms with E-state index in [1.54, 1.807) is 6.07 Å². The smallest absolute Gasteiger partial charge is 0.146 e. The molecule has 1 aromatic carbocycles. The third kappa shape index (κ3) is 2.98. The van der Waals surface area contributed by atoms with E-state index in [4.69, 9.17) is 11.6 Å². The van der Waals surface area contributed by atoms with Gasteiger partial charge in [-0.3, -0.25) is 0 Å². The maximum atomic E-state index is 13.2. The molecule has 0 bridgehead atoms. The van der Waals surface area contributed by atoms with Crippen molar-refractivity contribution in [2.75, 3.05) is 5.32 Å². The van der Waals surface area contributed by atoms with Crippen molar-refractivity contribution in [2.24, 2.45) is 0 Å². The lowest BCUT2D eigenvalue weighted by Gasteiger charge is -2.08. The van der Waals surface area contributed by atoms with Crippen molar-refractivity contribution >= 4 is 17.3 Å². The molecule has 0 atom stereocenters. The van der Waals surface area contributed by atoms with Crippen LogP contribution in [-0.4, -0.2) is 14.8 Å². The van der Waals surface area contributed by atoms with E-state index in [0.717, 1.165) is 18.8 Å². The summed E-state index contributed by atoms with van der Waals surface area (Å²) >= 11 is 5.62. The zero-order chi connectivity index (χ0) is 13.0. The molecule has 0 aliphatic carbocycles. The molecule has 1 heterocycles. The summed E-state index contributed by atoms with van der Waals surface area (Å²) in [6, 6.07) is 4.62. The molecule has 0 aliphatic rings. The minimum absolute atomic E-state index is 0.120. The highest BCUT2D eigenvalue weighted by molar-refractivity contribution is 6.30. The summed E-state index contributed by atoms with van der Waals surface area (Å²) in [6.07, 6.45) is 2.51. The number of nitrogens with zero attached hydrogens (tertiary/aromatic N) is 3. The molecule has 0 radical (unpaired) electrons. The second-order valence-electron chi connectivity index (χ2n) is 3.88.